The van der Waals surface area contributed by atoms with Crippen LogP contribution in [0.15, 0.2) is 36.4 Å². The standard InChI is InChI=1S/C13H16ClN2.HI/c1-3-15-12(10-13(14)16(15)4-2)11-8-6-5-7-9-11;/h5-10H,3-4H2,1-2H3;1H/q+1;/p-1. The summed E-state index contributed by atoms with van der Waals surface area (Å²) in [5, 5.41) is 0.795. The molecule has 2 aromatic rings. The lowest BCUT2D eigenvalue weighted by molar-refractivity contribution is -0.762. The van der Waals surface area contributed by atoms with Crippen molar-refractivity contribution in [3.8, 4) is 11.3 Å². The molecule has 17 heavy (non-hydrogen) atoms. The Kier molecular flexibility index (Phi) is 5.46. The highest BCUT2D eigenvalue weighted by Gasteiger charge is 2.20. The van der Waals surface area contributed by atoms with Gasteiger partial charge in [-0.15, -0.1) is 9.36 Å². The first-order valence-corrected chi connectivity index (χ1v) is 6.00. The second-order valence-electron chi connectivity index (χ2n) is 3.65. The summed E-state index contributed by atoms with van der Waals surface area (Å²) < 4.78 is 4.29. The quantitative estimate of drug-likeness (QED) is 0.543. The molecule has 0 bridgehead atoms. The summed E-state index contributed by atoms with van der Waals surface area (Å²) in [6, 6.07) is 12.4. The molecule has 0 saturated carbocycles. The number of halogens is 2. The Morgan fingerprint density at radius 2 is 1.82 bits per heavy atom. The van der Waals surface area contributed by atoms with E-state index in [0.29, 0.717) is 0 Å². The van der Waals surface area contributed by atoms with Gasteiger partial charge in [-0.1, -0.05) is 29.8 Å². The van der Waals surface area contributed by atoms with Gasteiger partial charge in [-0.2, -0.15) is 0 Å². The van der Waals surface area contributed by atoms with Gasteiger partial charge in [0.1, 0.15) is 0 Å². The SMILES string of the molecule is CCn1c(Cl)cc(-c2ccccc2)[n+]1CC.[I-]. The molecule has 0 fully saturated rings. The third kappa shape index (κ3) is 2.83. The third-order valence-corrected chi connectivity index (χ3v) is 3.04. The maximum Gasteiger partial charge on any atom is 0.240 e. The number of hydrogen-bond donors (Lipinski definition) is 0. The van der Waals surface area contributed by atoms with E-state index in [-0.39, 0.29) is 24.0 Å². The summed E-state index contributed by atoms with van der Waals surface area (Å²) in [6.07, 6.45) is 0. The highest BCUT2D eigenvalue weighted by Crippen LogP contribution is 2.20. The fourth-order valence-corrected chi connectivity index (χ4v) is 2.33. The maximum absolute atomic E-state index is 6.22. The second-order valence-corrected chi connectivity index (χ2v) is 4.04. The first-order chi connectivity index (χ1) is 7.77. The van der Waals surface area contributed by atoms with Crippen LogP contribution >= 0.6 is 11.6 Å². The zero-order chi connectivity index (χ0) is 11.5. The molecule has 0 radical (unpaired) electrons. The first kappa shape index (κ1) is 14.5. The Morgan fingerprint density at radius 3 is 2.35 bits per heavy atom. The van der Waals surface area contributed by atoms with Crippen LogP contribution in [0.1, 0.15) is 13.8 Å². The van der Waals surface area contributed by atoms with Crippen LogP contribution in [0.4, 0.5) is 0 Å². The fourth-order valence-electron chi connectivity index (χ4n) is 2.01. The molecular formula is C13H16ClIN2. The van der Waals surface area contributed by atoms with E-state index in [2.05, 4.69) is 35.3 Å². The Hall–Kier alpha value is -0.550. The van der Waals surface area contributed by atoms with E-state index in [9.17, 15) is 0 Å². The van der Waals surface area contributed by atoms with Crippen LogP contribution in [0.5, 0.6) is 0 Å². The molecule has 1 aromatic carbocycles. The number of hydrogen-bond acceptors (Lipinski definition) is 0. The second kappa shape index (κ2) is 6.40. The number of rotatable bonds is 3. The molecule has 1 heterocycles. The van der Waals surface area contributed by atoms with E-state index < -0.39 is 0 Å². The Morgan fingerprint density at radius 1 is 1.18 bits per heavy atom. The van der Waals surface area contributed by atoms with Crippen LogP contribution in [0.2, 0.25) is 5.15 Å². The largest absolute Gasteiger partial charge is 1.00 e. The molecule has 2 nitrogen and oxygen atoms in total. The Balaban J connectivity index is 0.00000144. The molecule has 0 saturated heterocycles. The van der Waals surface area contributed by atoms with Gasteiger partial charge in [-0.05, 0) is 26.0 Å². The molecule has 2 rings (SSSR count). The average Bonchev–Trinajstić information content (AvgIpc) is 2.66. The minimum absolute atomic E-state index is 0. The van der Waals surface area contributed by atoms with Crippen molar-refractivity contribution in [2.24, 2.45) is 0 Å². The van der Waals surface area contributed by atoms with Crippen molar-refractivity contribution in [3.63, 3.8) is 0 Å². The summed E-state index contributed by atoms with van der Waals surface area (Å²) >= 11 is 6.22. The highest BCUT2D eigenvalue weighted by molar-refractivity contribution is 6.29. The van der Waals surface area contributed by atoms with Gasteiger partial charge in [-0.3, -0.25) is 0 Å². The predicted molar refractivity (Wildman–Crippen MR) is 66.4 cm³/mol. The molecule has 4 heteroatoms. The molecule has 0 amide bonds. The molecule has 0 N–H and O–H groups in total. The maximum atomic E-state index is 6.22. The zero-order valence-electron chi connectivity index (χ0n) is 10.0. The number of aromatic nitrogens is 2. The summed E-state index contributed by atoms with van der Waals surface area (Å²) in [7, 11) is 0. The summed E-state index contributed by atoms with van der Waals surface area (Å²) in [6.45, 7) is 6.05. The number of benzene rings is 1. The average molecular weight is 363 g/mol. The smallest absolute Gasteiger partial charge is 0.240 e. The van der Waals surface area contributed by atoms with Crippen LogP contribution in [0.25, 0.3) is 11.3 Å². The monoisotopic (exact) mass is 362 g/mol. The van der Waals surface area contributed by atoms with Crippen LogP contribution < -0.4 is 28.7 Å². The van der Waals surface area contributed by atoms with Crippen molar-refractivity contribution in [2.45, 2.75) is 26.9 Å². The van der Waals surface area contributed by atoms with E-state index in [1.807, 2.05) is 24.3 Å². The minimum atomic E-state index is 0. The molecule has 92 valence electrons. The van der Waals surface area contributed by atoms with Crippen molar-refractivity contribution in [3.05, 3.63) is 41.6 Å². The van der Waals surface area contributed by atoms with Gasteiger partial charge < -0.3 is 24.0 Å². The molecule has 0 aliphatic heterocycles. The summed E-state index contributed by atoms with van der Waals surface area (Å²) in [4.78, 5) is 0. The Labute approximate surface area is 124 Å². The van der Waals surface area contributed by atoms with Crippen LogP contribution in [-0.4, -0.2) is 4.68 Å². The summed E-state index contributed by atoms with van der Waals surface area (Å²) in [5.74, 6) is 0. The van der Waals surface area contributed by atoms with Crippen LogP contribution in [-0.2, 0) is 13.1 Å². The van der Waals surface area contributed by atoms with Gasteiger partial charge in [0, 0.05) is 5.56 Å². The minimum Gasteiger partial charge on any atom is -1.00 e. The van der Waals surface area contributed by atoms with Gasteiger partial charge in [0.15, 0.2) is 11.7 Å². The number of nitrogens with zero attached hydrogens (tertiary/aromatic N) is 2. The van der Waals surface area contributed by atoms with Gasteiger partial charge in [-0.25, -0.2) is 0 Å². The highest BCUT2D eigenvalue weighted by atomic mass is 127. The van der Waals surface area contributed by atoms with E-state index in [0.717, 1.165) is 18.2 Å². The molecular weight excluding hydrogens is 347 g/mol. The molecule has 0 atom stereocenters. The molecule has 0 aliphatic rings. The van der Waals surface area contributed by atoms with Crippen molar-refractivity contribution in [1.82, 2.24) is 4.68 Å². The topological polar surface area (TPSA) is 8.81 Å². The third-order valence-electron chi connectivity index (χ3n) is 2.74. The lowest BCUT2D eigenvalue weighted by atomic mass is 10.1. The van der Waals surface area contributed by atoms with E-state index in [4.69, 9.17) is 11.6 Å². The van der Waals surface area contributed by atoms with Crippen molar-refractivity contribution in [2.75, 3.05) is 0 Å². The molecule has 1 aromatic heterocycles. The van der Waals surface area contributed by atoms with E-state index in [1.165, 1.54) is 11.3 Å². The van der Waals surface area contributed by atoms with Crippen LogP contribution in [0.3, 0.4) is 0 Å². The lowest BCUT2D eigenvalue weighted by Crippen LogP contribution is -3.00. The Bertz CT molecular complexity index is 480. The lowest BCUT2D eigenvalue weighted by Gasteiger charge is -2.01. The molecule has 0 spiro atoms. The van der Waals surface area contributed by atoms with Gasteiger partial charge in [0.25, 0.3) is 0 Å². The van der Waals surface area contributed by atoms with Crippen LogP contribution in [0, 0.1) is 0 Å². The van der Waals surface area contributed by atoms with Gasteiger partial charge in [0.05, 0.1) is 12.6 Å². The van der Waals surface area contributed by atoms with Gasteiger partial charge in [0.2, 0.25) is 5.69 Å². The predicted octanol–water partition coefficient (Wildman–Crippen LogP) is 0.140. The summed E-state index contributed by atoms with van der Waals surface area (Å²) in [5.41, 5.74) is 2.38. The first-order valence-electron chi connectivity index (χ1n) is 5.62. The molecule has 0 unspecified atom stereocenters. The van der Waals surface area contributed by atoms with Crippen molar-refractivity contribution in [1.29, 1.82) is 0 Å². The molecule has 0 aliphatic carbocycles. The fraction of sp³-hybridized carbons (Fsp3) is 0.308. The van der Waals surface area contributed by atoms with Crippen molar-refractivity contribution < 1.29 is 28.7 Å². The van der Waals surface area contributed by atoms with Crippen molar-refractivity contribution >= 4 is 11.6 Å². The van der Waals surface area contributed by atoms with Gasteiger partial charge >= 0.3 is 0 Å². The van der Waals surface area contributed by atoms with E-state index in [1.54, 1.807) is 0 Å². The zero-order valence-corrected chi connectivity index (χ0v) is 12.9. The normalized spacial score (nSPS) is 10.1. The van der Waals surface area contributed by atoms with E-state index >= 15 is 0 Å².